The summed E-state index contributed by atoms with van der Waals surface area (Å²) in [5.41, 5.74) is 4.66. The highest BCUT2D eigenvalue weighted by molar-refractivity contribution is 6.37. The molecule has 12 heteroatoms. The van der Waals surface area contributed by atoms with Gasteiger partial charge in [0.1, 0.15) is 17.9 Å². The van der Waals surface area contributed by atoms with Crippen LogP contribution in [0.5, 0.6) is 0 Å². The maximum absolute atomic E-state index is 13.8. The number of ketones is 2. The lowest BCUT2D eigenvalue weighted by molar-refractivity contribution is -0.143. The lowest BCUT2D eigenvalue weighted by atomic mass is 9.85. The maximum Gasteiger partial charge on any atom is 0.316 e. The quantitative estimate of drug-likeness (QED) is 0.212. The fraction of sp³-hybridized carbons (Fsp3) is 0.613. The Labute approximate surface area is 252 Å². The molecule has 4 unspecified atom stereocenters. The molecule has 1 saturated carbocycles. The summed E-state index contributed by atoms with van der Waals surface area (Å²) in [5.74, 6) is -3.68. The minimum Gasteiger partial charge on any atom is -0.363 e. The minimum atomic E-state index is -1.12. The highest BCUT2D eigenvalue weighted by Crippen LogP contribution is 2.34. The molecule has 0 aromatic heterocycles. The second-order valence-electron chi connectivity index (χ2n) is 11.9. The zero-order valence-electron chi connectivity index (χ0n) is 26.0. The van der Waals surface area contributed by atoms with Gasteiger partial charge in [-0.2, -0.15) is 0 Å². The zero-order chi connectivity index (χ0) is 32.5. The van der Waals surface area contributed by atoms with Crippen LogP contribution >= 0.6 is 0 Å². The monoisotopic (exact) mass is 603 g/mol. The van der Waals surface area contributed by atoms with Gasteiger partial charge in [-0.1, -0.05) is 54.4 Å². The van der Waals surface area contributed by atoms with Crippen LogP contribution in [0.15, 0.2) is 24.3 Å². The van der Waals surface area contributed by atoms with Gasteiger partial charge in [0.25, 0.3) is 5.91 Å². The smallest absolute Gasteiger partial charge is 0.316 e. The average molecular weight is 604 g/mol. The lowest BCUT2D eigenvalue weighted by Crippen LogP contribution is -2.60. The first-order valence-corrected chi connectivity index (χ1v) is 15.0. The molecule has 1 saturated heterocycles. The summed E-state index contributed by atoms with van der Waals surface area (Å²) in [5, 5.41) is 7.93. The van der Waals surface area contributed by atoms with Gasteiger partial charge < -0.3 is 26.6 Å². The van der Waals surface area contributed by atoms with E-state index in [0.717, 1.165) is 25.0 Å². The van der Waals surface area contributed by atoms with Crippen molar-refractivity contribution in [1.82, 2.24) is 20.9 Å². The minimum absolute atomic E-state index is 0.236. The number of carbonyl (C=O) groups excluding carboxylic acids is 6. The van der Waals surface area contributed by atoms with Gasteiger partial charge in [-0.05, 0) is 61.3 Å². The number of carbonyl (C=O) groups is 6. The normalized spacial score (nSPS) is 18.3. The molecule has 0 bridgehead atoms. The summed E-state index contributed by atoms with van der Waals surface area (Å²) < 4.78 is 13.3. The molecule has 43 heavy (non-hydrogen) atoms. The number of benzene rings is 1. The summed E-state index contributed by atoms with van der Waals surface area (Å²) in [6.45, 7) is 11.3. The zero-order valence-corrected chi connectivity index (χ0v) is 26.0. The van der Waals surface area contributed by atoms with E-state index in [1.165, 1.54) is 17.0 Å². The van der Waals surface area contributed by atoms with Crippen LogP contribution in [0.2, 0.25) is 0 Å². The van der Waals surface area contributed by atoms with Gasteiger partial charge in [-0.15, -0.1) is 0 Å². The number of rotatable bonds is 12. The molecule has 4 atom stereocenters. The van der Waals surface area contributed by atoms with E-state index < -0.39 is 70.7 Å². The Bertz CT molecular complexity index is 1180. The summed E-state index contributed by atoms with van der Waals surface area (Å²) in [4.78, 5) is 78.1. The topological polar surface area (TPSA) is 168 Å². The number of nitrogens with two attached hydrogens (primary N) is 1. The number of hydrogen-bond acceptors (Lipinski definition) is 6. The molecule has 2 aliphatic rings. The van der Waals surface area contributed by atoms with Crippen LogP contribution in [0.3, 0.4) is 0 Å². The average Bonchev–Trinajstić information content (AvgIpc) is 3.64. The first-order valence-electron chi connectivity index (χ1n) is 15.0. The van der Waals surface area contributed by atoms with Crippen LogP contribution in [0, 0.1) is 17.2 Å². The number of Topliss-reactive ketones (excluding diaryl/α,β-unsaturated/α-hetero) is 2. The fourth-order valence-corrected chi connectivity index (χ4v) is 4.97. The largest absolute Gasteiger partial charge is 0.363 e. The molecular weight excluding hydrogens is 557 g/mol. The van der Waals surface area contributed by atoms with Crippen molar-refractivity contribution in [2.24, 2.45) is 17.1 Å². The number of hydrogen-bond donors (Lipinski definition) is 4. The van der Waals surface area contributed by atoms with Gasteiger partial charge in [0.05, 0.1) is 12.1 Å². The first-order chi connectivity index (χ1) is 20.2. The van der Waals surface area contributed by atoms with E-state index in [4.69, 9.17) is 5.73 Å². The molecule has 1 aromatic carbocycles. The molecule has 2 fully saturated rings. The molecule has 11 nitrogen and oxygen atoms in total. The number of primary amides is 1. The van der Waals surface area contributed by atoms with E-state index in [1.54, 1.807) is 27.7 Å². The van der Waals surface area contributed by atoms with Gasteiger partial charge in [0.2, 0.25) is 17.6 Å². The number of likely N-dealkylation sites (tertiary alicyclic amines) is 1. The summed E-state index contributed by atoms with van der Waals surface area (Å²) in [6.07, 6.45) is 3.28. The highest BCUT2D eigenvalue weighted by Gasteiger charge is 2.43. The van der Waals surface area contributed by atoms with Crippen molar-refractivity contribution in [3.8, 4) is 0 Å². The van der Waals surface area contributed by atoms with Gasteiger partial charge in [0.15, 0.2) is 5.78 Å². The van der Waals surface area contributed by atoms with Crippen molar-refractivity contribution in [3.63, 3.8) is 0 Å². The van der Waals surface area contributed by atoms with E-state index in [9.17, 15) is 33.2 Å². The van der Waals surface area contributed by atoms with Crippen LogP contribution in [0.1, 0.15) is 90.4 Å². The predicted octanol–water partition coefficient (Wildman–Crippen LogP) is 2.86. The highest BCUT2D eigenvalue weighted by atomic mass is 19.1. The van der Waals surface area contributed by atoms with Crippen molar-refractivity contribution in [3.05, 3.63) is 35.6 Å². The Kier molecular flexibility index (Phi) is 12.8. The van der Waals surface area contributed by atoms with Gasteiger partial charge in [0, 0.05) is 12.1 Å². The molecule has 5 amide bonds. The van der Waals surface area contributed by atoms with E-state index in [-0.39, 0.29) is 24.4 Å². The Morgan fingerprint density at radius 1 is 0.953 bits per heavy atom. The maximum atomic E-state index is 13.8. The van der Waals surface area contributed by atoms with Crippen LogP contribution in [-0.4, -0.2) is 70.9 Å². The third kappa shape index (κ3) is 9.86. The van der Waals surface area contributed by atoms with Crippen molar-refractivity contribution in [2.45, 2.75) is 104 Å². The van der Waals surface area contributed by atoms with Crippen LogP contribution in [0.25, 0.3) is 0 Å². The molecule has 1 aliphatic carbocycles. The Morgan fingerprint density at radius 3 is 2.07 bits per heavy atom. The van der Waals surface area contributed by atoms with Crippen LogP contribution in [0.4, 0.5) is 9.18 Å². The second-order valence-corrected chi connectivity index (χ2v) is 11.9. The Morgan fingerprint density at radius 2 is 1.56 bits per heavy atom. The SMILES string of the molecule is CC.CCC(NC(=O)NC(C(=O)N1CCCC1C(=O)NC(CC1CC1)C(=O)C(N)=O)C(C)(C)C)C(=O)c1ccc(F)cc1. The van der Waals surface area contributed by atoms with E-state index >= 15 is 0 Å². The lowest BCUT2D eigenvalue weighted by Gasteiger charge is -2.36. The third-order valence-corrected chi connectivity index (χ3v) is 7.53. The first kappa shape index (κ1) is 35.4. The molecule has 0 radical (unpaired) electrons. The molecule has 1 aromatic rings. The molecular formula is C31H46FN5O6. The summed E-state index contributed by atoms with van der Waals surface area (Å²) in [7, 11) is 0. The number of amides is 5. The Balaban J connectivity index is 0.00000316. The van der Waals surface area contributed by atoms with Gasteiger partial charge >= 0.3 is 6.03 Å². The number of nitrogens with zero attached hydrogens (tertiary/aromatic N) is 1. The number of nitrogens with one attached hydrogen (secondary N) is 3. The molecule has 3 rings (SSSR count). The van der Waals surface area contributed by atoms with E-state index in [1.807, 2.05) is 13.8 Å². The summed E-state index contributed by atoms with van der Waals surface area (Å²) in [6, 6.07) is 0.371. The standard InChI is InChI=1S/C29H40FN5O6.C2H6/c1-5-19(22(36)17-10-12-18(30)13-11-17)33-28(41)34-24(29(2,3)4)27(40)35-14-6-7-21(35)26(39)32-20(15-16-8-9-16)23(37)25(31)38;1-2/h10-13,16,19-21,24H,5-9,14-15H2,1-4H3,(H2,31,38)(H,32,39)(H2,33,34,41);1-2H3. The van der Waals surface area contributed by atoms with Crippen molar-refractivity contribution in [1.29, 1.82) is 0 Å². The van der Waals surface area contributed by atoms with Gasteiger partial charge in [-0.3, -0.25) is 24.0 Å². The van der Waals surface area contributed by atoms with Gasteiger partial charge in [-0.25, -0.2) is 9.18 Å². The molecule has 1 heterocycles. The fourth-order valence-electron chi connectivity index (χ4n) is 4.97. The number of urea groups is 1. The molecule has 1 aliphatic heterocycles. The predicted molar refractivity (Wildman–Crippen MR) is 159 cm³/mol. The van der Waals surface area contributed by atoms with Crippen LogP contribution in [-0.2, 0) is 19.2 Å². The molecule has 0 spiro atoms. The van der Waals surface area contributed by atoms with Crippen molar-refractivity contribution in [2.75, 3.05) is 6.54 Å². The Hall–Kier alpha value is -3.83. The molecule has 238 valence electrons. The second kappa shape index (κ2) is 15.6. The van der Waals surface area contributed by atoms with E-state index in [2.05, 4.69) is 16.0 Å². The number of halogens is 1. The van der Waals surface area contributed by atoms with Crippen molar-refractivity contribution < 1.29 is 33.2 Å². The summed E-state index contributed by atoms with van der Waals surface area (Å²) >= 11 is 0. The third-order valence-electron chi connectivity index (χ3n) is 7.53. The van der Waals surface area contributed by atoms with Crippen LogP contribution < -0.4 is 21.7 Å². The van der Waals surface area contributed by atoms with E-state index in [0.29, 0.717) is 19.3 Å². The van der Waals surface area contributed by atoms with Crippen molar-refractivity contribution >= 4 is 35.3 Å². The molecule has 5 N–H and O–H groups in total.